The summed E-state index contributed by atoms with van der Waals surface area (Å²) in [5, 5.41) is 0. The van der Waals surface area contributed by atoms with Gasteiger partial charge in [0.2, 0.25) is 0 Å². The summed E-state index contributed by atoms with van der Waals surface area (Å²) in [7, 11) is 0. The first kappa shape index (κ1) is 88.2. The van der Waals surface area contributed by atoms with Crippen LogP contribution in [-0.2, 0) is 0 Å². The van der Waals surface area contributed by atoms with Gasteiger partial charge in [-0.3, -0.25) is 0 Å². The van der Waals surface area contributed by atoms with E-state index in [0.29, 0.717) is 37.9 Å². The summed E-state index contributed by atoms with van der Waals surface area (Å²) in [4.78, 5) is 0. The Morgan fingerprint density at radius 2 is 0.584 bits per heavy atom. The maximum Gasteiger partial charge on any atom is -0.0246 e. The quantitative estimate of drug-likeness (QED) is 0.257. The van der Waals surface area contributed by atoms with Crippen LogP contribution < -0.4 is 0 Å². The van der Waals surface area contributed by atoms with E-state index in [1.54, 1.807) is 116 Å². The molecule has 16 bridgehead atoms. The van der Waals surface area contributed by atoms with Gasteiger partial charge in [0.1, 0.15) is 0 Å². The molecule has 0 aliphatic heterocycles. The fourth-order valence-corrected chi connectivity index (χ4v) is 26.6. The molecule has 0 saturated heterocycles. The Kier molecular flexibility index (Phi) is 32.2. The van der Waals surface area contributed by atoms with Crippen molar-refractivity contribution in [2.75, 3.05) is 0 Å². The molecule has 0 heterocycles. The van der Waals surface area contributed by atoms with Crippen molar-refractivity contribution in [2.45, 2.75) is 482 Å². The molecule has 5 atom stereocenters. The monoisotopic (exact) mass is 1400 g/mol. The van der Waals surface area contributed by atoms with Crippen molar-refractivity contribution >= 4 is 0 Å². The Bertz CT molecular complexity index is 2220. The number of fused-ring (bicyclic) bond motifs is 4. The third-order valence-corrected chi connectivity index (χ3v) is 35.5. The average molecular weight is 1400 g/mol. The Hall–Kier alpha value is 0. The Balaban J connectivity index is 0.000000158. The largest absolute Gasteiger partial charge is 0.0649 e. The van der Waals surface area contributed by atoms with Gasteiger partial charge in [-0.1, -0.05) is 296 Å². The van der Waals surface area contributed by atoms with Gasteiger partial charge in [-0.25, -0.2) is 0 Å². The summed E-state index contributed by atoms with van der Waals surface area (Å²) in [6, 6.07) is 0. The second-order valence-electron chi connectivity index (χ2n) is 48.4. The maximum atomic E-state index is 2.60. The van der Waals surface area contributed by atoms with Crippen LogP contribution in [0.2, 0.25) is 0 Å². The predicted octanol–water partition coefficient (Wildman–Crippen LogP) is 33.9. The molecule has 0 N–H and O–H groups in total. The zero-order chi connectivity index (χ0) is 74.8. The van der Waals surface area contributed by atoms with Crippen LogP contribution in [0.15, 0.2) is 0 Å². The highest BCUT2D eigenvalue weighted by Crippen LogP contribution is 2.66. The molecule has 0 aromatic heterocycles. The van der Waals surface area contributed by atoms with E-state index in [2.05, 4.69) is 187 Å². The standard InChI is InChI=1S/C14H24.C13H22.C12H20.C10H18.C9H16.C9H18.2C8H16.C7H14.C6H14.C5H12/c1-9(2)14(3)12-5-10-4-11(7-12)8-13(14)6-10;1-3-13(2)11-5-9-4-10(7-11)8-12(13)6-9;1-12(2)10-4-8-3-9(6-10)7-11(12)5-8;1-3-10(2)7-8-4-5-9(10)6-8;1-9(2)6-7-3-4-8(9)5-7;1-3-9(2)7-5-4-6-8-9;1-8(2)6-4-3-5-7-8;1-3-8(2)6-4-5-7-8;1-7(2)5-3-4-6-7;1-5-6(2,3)4;1-5(2,3)4/h9-13H,4-8H2,1-3H3;9-12H,3-8H2,1-2H3;8-11H,3-7H2,1-2H3;8-9H,3-7H2,1-2H3;7-8H,3-6H2,1-2H3;3-8H2,1-2H3;2*3-7H2,1-2H3;3-6H2,1-2H3;5H2,1-4H3;1-4H3. The first-order chi connectivity index (χ1) is 46.9. The molecule has 594 valence electrons. The van der Waals surface area contributed by atoms with E-state index < -0.39 is 0 Å². The van der Waals surface area contributed by atoms with E-state index in [9.17, 15) is 0 Å². The molecule has 0 spiro atoms. The van der Waals surface area contributed by atoms with Crippen molar-refractivity contribution in [1.29, 1.82) is 0 Å². The lowest BCUT2D eigenvalue weighted by atomic mass is 9.43. The van der Waals surface area contributed by atoms with Gasteiger partial charge < -0.3 is 0 Å². The first-order valence-electron chi connectivity index (χ1n) is 46.9. The zero-order valence-electron chi connectivity index (χ0n) is 74.8. The van der Waals surface area contributed by atoms with Crippen LogP contribution in [0.3, 0.4) is 0 Å². The first-order valence-corrected chi connectivity index (χ1v) is 46.9. The van der Waals surface area contributed by atoms with Gasteiger partial charge in [0.25, 0.3) is 0 Å². The summed E-state index contributed by atoms with van der Waals surface area (Å²) < 4.78 is 0. The number of hydrogen-bond acceptors (Lipinski definition) is 0. The molecule has 0 heteroatoms. The molecule has 20 aliphatic carbocycles. The summed E-state index contributed by atoms with van der Waals surface area (Å²) in [6.45, 7) is 64.0. The molecule has 20 fully saturated rings. The topological polar surface area (TPSA) is 0 Å². The summed E-state index contributed by atoms with van der Waals surface area (Å²) in [6.07, 6.45) is 69.3. The highest BCUT2D eigenvalue weighted by atomic mass is 14.6. The van der Waals surface area contributed by atoms with E-state index in [1.807, 2.05) is 0 Å². The molecule has 0 nitrogen and oxygen atoms in total. The van der Waals surface area contributed by atoms with Crippen LogP contribution in [0, 0.1) is 160 Å². The fourth-order valence-electron chi connectivity index (χ4n) is 26.6. The third-order valence-electron chi connectivity index (χ3n) is 35.5. The Labute approximate surface area is 638 Å². The Morgan fingerprint density at radius 3 is 0.782 bits per heavy atom. The maximum absolute atomic E-state index is 2.60. The van der Waals surface area contributed by atoms with Crippen LogP contribution in [0.4, 0.5) is 0 Å². The molecule has 0 amide bonds. The Morgan fingerprint density at radius 1 is 0.297 bits per heavy atom. The number of hydrogen-bond donors (Lipinski definition) is 0. The normalized spacial score (nSPS) is 40.9. The summed E-state index contributed by atoms with van der Waals surface area (Å²) in [5.41, 5.74) is 7.48. The van der Waals surface area contributed by atoms with Crippen molar-refractivity contribution in [3.8, 4) is 0 Å². The lowest BCUT2D eigenvalue weighted by Gasteiger charge is -2.62. The van der Waals surface area contributed by atoms with Gasteiger partial charge in [0, 0.05) is 0 Å². The van der Waals surface area contributed by atoms with Gasteiger partial charge in [0.15, 0.2) is 0 Å². The molecular weight excluding hydrogens is 1210 g/mol. The minimum atomic E-state index is 0.500. The average Bonchev–Trinajstić information content (AvgIpc) is 1.70. The molecule has 0 aromatic carbocycles. The van der Waals surface area contributed by atoms with Gasteiger partial charge in [-0.2, -0.15) is 0 Å². The minimum Gasteiger partial charge on any atom is -0.0649 e. The van der Waals surface area contributed by atoms with Crippen molar-refractivity contribution in [3.05, 3.63) is 0 Å². The molecule has 20 saturated carbocycles. The van der Waals surface area contributed by atoms with Crippen LogP contribution in [0.25, 0.3) is 0 Å². The minimum absolute atomic E-state index is 0.500. The van der Waals surface area contributed by atoms with Gasteiger partial charge >= 0.3 is 0 Å². The number of rotatable bonds is 5. The smallest absolute Gasteiger partial charge is 0.0246 e. The predicted molar refractivity (Wildman–Crippen MR) is 452 cm³/mol. The fraction of sp³-hybridized carbons (Fsp3) is 1.00. The van der Waals surface area contributed by atoms with Crippen molar-refractivity contribution in [3.63, 3.8) is 0 Å². The summed E-state index contributed by atoms with van der Waals surface area (Å²) >= 11 is 0. The second-order valence-corrected chi connectivity index (χ2v) is 48.4. The van der Waals surface area contributed by atoms with Crippen molar-refractivity contribution in [1.82, 2.24) is 0 Å². The summed E-state index contributed by atoms with van der Waals surface area (Å²) in [5.74, 6) is 18.7. The molecule has 0 aromatic rings. The van der Waals surface area contributed by atoms with Gasteiger partial charge in [-0.15, -0.1) is 0 Å². The van der Waals surface area contributed by atoms with Crippen molar-refractivity contribution in [2.24, 2.45) is 160 Å². The van der Waals surface area contributed by atoms with E-state index in [1.165, 1.54) is 180 Å². The van der Waals surface area contributed by atoms with Crippen LogP contribution >= 0.6 is 0 Å². The van der Waals surface area contributed by atoms with Crippen LogP contribution in [-0.4, -0.2) is 0 Å². The van der Waals surface area contributed by atoms with Gasteiger partial charge in [-0.05, 0) is 346 Å². The molecule has 101 heavy (non-hydrogen) atoms. The van der Waals surface area contributed by atoms with Gasteiger partial charge in [0.05, 0.1) is 0 Å². The SMILES string of the molecule is CC(C)(C)C.CC(C)C1(C)C2CC3CC(C2)CC1C3.CC1(C)C2CC3CC(C2)CC1C3.CC1(C)CC2CCC1C2.CC1(C)CCCC1.CC1(C)CCCCC1.CCC(C)(C)C.CCC1(C)C2CC3CC(C2)CC1C3.CCC1(C)CC2CCC1C2.CCC1(C)CCCC1.CCC1(C)CCCCC1. The second kappa shape index (κ2) is 36.9. The van der Waals surface area contributed by atoms with Crippen LogP contribution in [0.5, 0.6) is 0 Å². The molecule has 20 rings (SSSR count). The van der Waals surface area contributed by atoms with E-state index in [-0.39, 0.29) is 0 Å². The third kappa shape index (κ3) is 25.3. The molecule has 5 unspecified atom stereocenters. The molecular formula is C101H190. The highest BCUT2D eigenvalue weighted by Gasteiger charge is 2.57. The van der Waals surface area contributed by atoms with Crippen molar-refractivity contribution < 1.29 is 0 Å². The lowest BCUT2D eigenvalue weighted by Crippen LogP contribution is -2.53. The highest BCUT2D eigenvalue weighted by molar-refractivity contribution is 5.07. The van der Waals surface area contributed by atoms with E-state index in [0.717, 1.165) is 122 Å². The lowest BCUT2D eigenvalue weighted by molar-refractivity contribution is -0.122. The van der Waals surface area contributed by atoms with Crippen LogP contribution in [0.1, 0.15) is 482 Å². The van der Waals surface area contributed by atoms with E-state index >= 15 is 0 Å². The zero-order valence-corrected chi connectivity index (χ0v) is 74.8. The molecule has 20 aliphatic rings. The van der Waals surface area contributed by atoms with E-state index in [4.69, 9.17) is 0 Å². The molecule has 0 radical (unpaired) electrons.